The summed E-state index contributed by atoms with van der Waals surface area (Å²) in [5, 5.41) is 0.885. The van der Waals surface area contributed by atoms with Crippen LogP contribution in [0, 0.1) is 5.92 Å². The highest BCUT2D eigenvalue weighted by atomic mass is 32.2. The van der Waals surface area contributed by atoms with Crippen molar-refractivity contribution in [2.45, 2.75) is 115 Å². The van der Waals surface area contributed by atoms with E-state index in [9.17, 15) is 0 Å². The van der Waals surface area contributed by atoms with E-state index in [0.29, 0.717) is 0 Å². The molecule has 1 heterocycles. The van der Waals surface area contributed by atoms with E-state index in [2.05, 4.69) is 34.4 Å². The van der Waals surface area contributed by atoms with Crippen molar-refractivity contribution >= 4 is 11.8 Å². The molecule has 26 heavy (non-hydrogen) atoms. The Morgan fingerprint density at radius 1 is 0.962 bits per heavy atom. The van der Waals surface area contributed by atoms with Crippen molar-refractivity contribution in [3.8, 4) is 0 Å². The minimum atomic E-state index is 0.885. The summed E-state index contributed by atoms with van der Waals surface area (Å²) in [6.45, 7) is 3.44. The molecule has 2 nitrogen and oxygen atoms in total. The van der Waals surface area contributed by atoms with Gasteiger partial charge in [-0.15, -0.1) is 0 Å². The van der Waals surface area contributed by atoms with Gasteiger partial charge in [0.25, 0.3) is 0 Å². The van der Waals surface area contributed by atoms with Crippen molar-refractivity contribution < 1.29 is 0 Å². The van der Waals surface area contributed by atoms with E-state index in [-0.39, 0.29) is 0 Å². The molecule has 3 heteroatoms. The first-order chi connectivity index (χ1) is 12.9. The maximum absolute atomic E-state index is 4.17. The average Bonchev–Trinajstić information content (AvgIpc) is 3.19. The van der Waals surface area contributed by atoms with E-state index in [1.54, 1.807) is 0 Å². The SMILES string of the molecule is CCCCCCCCCC(CCCn1ccnc1)SCC1CCCCC1. The van der Waals surface area contributed by atoms with Crippen molar-refractivity contribution in [3.63, 3.8) is 0 Å². The molecule has 0 saturated heterocycles. The second kappa shape index (κ2) is 14.6. The van der Waals surface area contributed by atoms with E-state index in [1.807, 2.05) is 12.5 Å². The zero-order valence-electron chi connectivity index (χ0n) is 17.2. The predicted octanol–water partition coefficient (Wildman–Crippen LogP) is 7.49. The molecular weight excluding hydrogens is 336 g/mol. The van der Waals surface area contributed by atoms with Crippen LogP contribution in [0.5, 0.6) is 0 Å². The summed E-state index contributed by atoms with van der Waals surface area (Å²) in [7, 11) is 0. The van der Waals surface area contributed by atoms with Gasteiger partial charge in [0, 0.05) is 24.2 Å². The maximum Gasteiger partial charge on any atom is 0.0945 e. The van der Waals surface area contributed by atoms with Crippen LogP contribution in [0.4, 0.5) is 0 Å². The number of nitrogens with zero attached hydrogens (tertiary/aromatic N) is 2. The number of aromatic nitrogens is 2. The van der Waals surface area contributed by atoms with Crippen molar-refractivity contribution in [1.29, 1.82) is 0 Å². The summed E-state index contributed by atoms with van der Waals surface area (Å²) >= 11 is 2.31. The molecule has 1 atom stereocenters. The smallest absolute Gasteiger partial charge is 0.0945 e. The topological polar surface area (TPSA) is 17.8 Å². The van der Waals surface area contributed by atoms with Crippen LogP contribution in [0.2, 0.25) is 0 Å². The van der Waals surface area contributed by atoms with Crippen LogP contribution in [0.3, 0.4) is 0 Å². The summed E-state index contributed by atoms with van der Waals surface area (Å²) in [6, 6.07) is 0. The largest absolute Gasteiger partial charge is 0.337 e. The van der Waals surface area contributed by atoms with E-state index < -0.39 is 0 Å². The molecule has 150 valence electrons. The van der Waals surface area contributed by atoms with Crippen molar-refractivity contribution in [3.05, 3.63) is 18.7 Å². The predicted molar refractivity (Wildman–Crippen MR) is 117 cm³/mol. The highest BCUT2D eigenvalue weighted by Crippen LogP contribution is 2.31. The molecule has 1 aromatic rings. The highest BCUT2D eigenvalue weighted by Gasteiger charge is 2.16. The maximum atomic E-state index is 4.17. The number of unbranched alkanes of at least 4 members (excludes halogenated alkanes) is 6. The molecule has 0 spiro atoms. The zero-order valence-corrected chi connectivity index (χ0v) is 18.0. The van der Waals surface area contributed by atoms with Gasteiger partial charge in [-0.3, -0.25) is 0 Å². The number of rotatable bonds is 15. The lowest BCUT2D eigenvalue weighted by Gasteiger charge is -2.24. The molecule has 1 unspecified atom stereocenters. The second-order valence-electron chi connectivity index (χ2n) is 8.31. The first-order valence-electron chi connectivity index (χ1n) is 11.5. The van der Waals surface area contributed by atoms with Crippen LogP contribution < -0.4 is 0 Å². The number of imidazole rings is 1. The van der Waals surface area contributed by atoms with Gasteiger partial charge in [-0.2, -0.15) is 11.8 Å². The zero-order chi connectivity index (χ0) is 18.3. The minimum absolute atomic E-state index is 0.885. The molecule has 1 fully saturated rings. The Labute approximate surface area is 166 Å². The van der Waals surface area contributed by atoms with Gasteiger partial charge < -0.3 is 4.57 Å². The lowest BCUT2D eigenvalue weighted by molar-refractivity contribution is 0.390. The molecular formula is C23H42N2S. The number of hydrogen-bond acceptors (Lipinski definition) is 2. The quantitative estimate of drug-likeness (QED) is 0.294. The summed E-state index contributed by atoms with van der Waals surface area (Å²) in [5.74, 6) is 2.44. The van der Waals surface area contributed by atoms with Gasteiger partial charge in [0.2, 0.25) is 0 Å². The lowest BCUT2D eigenvalue weighted by Crippen LogP contribution is -2.13. The van der Waals surface area contributed by atoms with Crippen LogP contribution >= 0.6 is 11.8 Å². The Hall–Kier alpha value is -0.440. The lowest BCUT2D eigenvalue weighted by atomic mass is 9.91. The fourth-order valence-corrected chi connectivity index (χ4v) is 5.73. The molecule has 0 radical (unpaired) electrons. The fourth-order valence-electron chi connectivity index (χ4n) is 4.19. The standard InChI is InChI=1S/C23H42N2S/c1-2-3-4-5-6-7-11-15-23(16-12-18-25-19-17-24-21-25)26-20-22-13-9-8-10-14-22/h17,19,21-23H,2-16,18,20H2,1H3. The van der Waals surface area contributed by atoms with Gasteiger partial charge in [0.15, 0.2) is 0 Å². The Morgan fingerprint density at radius 2 is 1.69 bits per heavy atom. The van der Waals surface area contributed by atoms with Crippen LogP contribution in [-0.2, 0) is 6.54 Å². The molecule has 1 aliphatic carbocycles. The molecule has 0 aromatic carbocycles. The monoisotopic (exact) mass is 378 g/mol. The Bertz CT molecular complexity index is 412. The van der Waals surface area contributed by atoms with Crippen LogP contribution in [0.1, 0.15) is 103 Å². The van der Waals surface area contributed by atoms with Gasteiger partial charge in [-0.05, 0) is 43.8 Å². The molecule has 1 saturated carbocycles. The van der Waals surface area contributed by atoms with Crippen molar-refractivity contribution in [2.75, 3.05) is 5.75 Å². The molecule has 1 aliphatic rings. The third-order valence-corrected chi connectivity index (χ3v) is 7.53. The first kappa shape index (κ1) is 21.9. The highest BCUT2D eigenvalue weighted by molar-refractivity contribution is 7.99. The fraction of sp³-hybridized carbons (Fsp3) is 0.870. The van der Waals surface area contributed by atoms with Gasteiger partial charge >= 0.3 is 0 Å². The number of aryl methyl sites for hydroxylation is 1. The van der Waals surface area contributed by atoms with Crippen LogP contribution in [-0.4, -0.2) is 20.6 Å². The second-order valence-corrected chi connectivity index (χ2v) is 9.65. The Balaban J connectivity index is 1.62. The van der Waals surface area contributed by atoms with Gasteiger partial charge in [-0.25, -0.2) is 4.98 Å². The van der Waals surface area contributed by atoms with Crippen molar-refractivity contribution in [2.24, 2.45) is 5.92 Å². The third-order valence-electron chi connectivity index (χ3n) is 5.92. The first-order valence-corrected chi connectivity index (χ1v) is 12.5. The van der Waals surface area contributed by atoms with E-state index >= 15 is 0 Å². The molecule has 0 N–H and O–H groups in total. The molecule has 0 amide bonds. The summed E-state index contributed by atoms with van der Waals surface area (Å²) < 4.78 is 2.23. The summed E-state index contributed by atoms with van der Waals surface area (Å²) in [6.07, 6.45) is 27.5. The van der Waals surface area contributed by atoms with Gasteiger partial charge in [0.05, 0.1) is 6.33 Å². The van der Waals surface area contributed by atoms with Gasteiger partial charge in [-0.1, -0.05) is 71.1 Å². The number of thioether (sulfide) groups is 1. The molecule has 0 bridgehead atoms. The number of hydrogen-bond donors (Lipinski definition) is 0. The van der Waals surface area contributed by atoms with Crippen molar-refractivity contribution in [1.82, 2.24) is 9.55 Å². The molecule has 1 aromatic heterocycles. The normalized spacial score (nSPS) is 16.8. The van der Waals surface area contributed by atoms with E-state index in [1.165, 1.54) is 102 Å². The molecule has 0 aliphatic heterocycles. The van der Waals surface area contributed by atoms with Gasteiger partial charge in [0.1, 0.15) is 0 Å². The van der Waals surface area contributed by atoms with Crippen LogP contribution in [0.25, 0.3) is 0 Å². The minimum Gasteiger partial charge on any atom is -0.337 e. The Kier molecular flexibility index (Phi) is 12.3. The molecule has 2 rings (SSSR count). The van der Waals surface area contributed by atoms with E-state index in [0.717, 1.165) is 17.7 Å². The summed E-state index contributed by atoms with van der Waals surface area (Å²) in [5.41, 5.74) is 0. The Morgan fingerprint density at radius 3 is 2.42 bits per heavy atom. The average molecular weight is 379 g/mol. The van der Waals surface area contributed by atoms with E-state index in [4.69, 9.17) is 0 Å². The third kappa shape index (κ3) is 10.0. The van der Waals surface area contributed by atoms with Crippen LogP contribution in [0.15, 0.2) is 18.7 Å². The summed E-state index contributed by atoms with van der Waals surface area (Å²) in [4.78, 5) is 4.17.